The van der Waals surface area contributed by atoms with Crippen LogP contribution in [0.1, 0.15) is 44.9 Å². The Balaban J connectivity index is 0.00000272. The summed E-state index contributed by atoms with van der Waals surface area (Å²) in [6.45, 7) is 4.06. The van der Waals surface area contributed by atoms with E-state index in [1.165, 1.54) is 39.7 Å². The van der Waals surface area contributed by atoms with Crippen LogP contribution >= 0.6 is 46.7 Å². The van der Waals surface area contributed by atoms with Crippen LogP contribution in [0.2, 0.25) is 0 Å². The van der Waals surface area contributed by atoms with E-state index >= 15 is 0 Å². The number of aliphatic imine (C=N–C) groups is 1. The molecule has 0 spiro atoms. The first-order valence-electron chi connectivity index (χ1n) is 10.4. The van der Waals surface area contributed by atoms with Crippen molar-refractivity contribution in [1.82, 2.24) is 30.0 Å². The molecule has 0 atom stereocenters. The van der Waals surface area contributed by atoms with Gasteiger partial charge in [-0.3, -0.25) is 0 Å². The average molecular weight is 572 g/mol. The van der Waals surface area contributed by atoms with E-state index in [1.54, 1.807) is 11.3 Å². The van der Waals surface area contributed by atoms with Crippen LogP contribution in [0.4, 0.5) is 0 Å². The Kier molecular flexibility index (Phi) is 8.85. The fraction of sp³-hybridized carbons (Fsp3) is 0.524. The Morgan fingerprint density at radius 1 is 1.29 bits per heavy atom. The number of hydrogen-bond donors (Lipinski definition) is 1. The first-order valence-corrected chi connectivity index (χ1v) is 12.1. The summed E-state index contributed by atoms with van der Waals surface area (Å²) in [4.78, 5) is 14.8. The summed E-state index contributed by atoms with van der Waals surface area (Å²) in [7, 11) is 4.06. The number of hydrogen-bond acceptors (Lipinski definition) is 6. The van der Waals surface area contributed by atoms with Crippen LogP contribution in [-0.2, 0) is 39.4 Å². The number of thiophene rings is 1. The van der Waals surface area contributed by atoms with Gasteiger partial charge in [0, 0.05) is 30.4 Å². The smallest absolute Gasteiger partial charge is 0.194 e. The highest BCUT2D eigenvalue weighted by atomic mass is 127. The third kappa shape index (κ3) is 6.26. The van der Waals surface area contributed by atoms with Gasteiger partial charge in [-0.1, -0.05) is 6.07 Å². The highest BCUT2D eigenvalue weighted by molar-refractivity contribution is 14.0. The zero-order chi connectivity index (χ0) is 20.9. The summed E-state index contributed by atoms with van der Waals surface area (Å²) in [5.41, 5.74) is 1.31. The van der Waals surface area contributed by atoms with Crippen molar-refractivity contribution in [2.45, 2.75) is 52.1 Å². The van der Waals surface area contributed by atoms with E-state index in [-0.39, 0.29) is 24.0 Å². The minimum atomic E-state index is 0. The Bertz CT molecular complexity index is 970. The summed E-state index contributed by atoms with van der Waals surface area (Å²) in [5, 5.41) is 15.2. The predicted octanol–water partition coefficient (Wildman–Crippen LogP) is 3.96. The van der Waals surface area contributed by atoms with Crippen molar-refractivity contribution in [1.29, 1.82) is 0 Å². The lowest BCUT2D eigenvalue weighted by molar-refractivity contribution is 0.472. The van der Waals surface area contributed by atoms with E-state index in [0.717, 1.165) is 43.5 Å². The summed E-state index contributed by atoms with van der Waals surface area (Å²) in [6.07, 6.45) is 5.85. The quantitative estimate of drug-likeness (QED) is 0.264. The van der Waals surface area contributed by atoms with Crippen LogP contribution in [0.3, 0.4) is 0 Å². The number of nitrogens with zero attached hydrogens (tertiary/aromatic N) is 6. The standard InChI is InChI=1S/C21H29N7S2.HI/c1-15-25-26-19(28(15)3)13-23-21(22-11-10-16-7-6-12-29-16)27(2)14-20-24-17-8-4-5-9-18(17)30-20;/h6-7,12H,4-5,8-11,13-14H2,1-3H3,(H,22,23);1H. The molecule has 3 aromatic heterocycles. The van der Waals surface area contributed by atoms with E-state index < -0.39 is 0 Å². The molecule has 7 nitrogen and oxygen atoms in total. The van der Waals surface area contributed by atoms with Gasteiger partial charge >= 0.3 is 0 Å². The van der Waals surface area contributed by atoms with E-state index in [9.17, 15) is 0 Å². The van der Waals surface area contributed by atoms with Crippen LogP contribution in [-0.4, -0.2) is 44.2 Å². The lowest BCUT2D eigenvalue weighted by atomic mass is 10.0. The number of aromatic nitrogens is 4. The van der Waals surface area contributed by atoms with E-state index in [0.29, 0.717) is 6.54 Å². The molecule has 0 saturated heterocycles. The molecule has 0 bridgehead atoms. The number of guanidine groups is 1. The maximum absolute atomic E-state index is 4.90. The fourth-order valence-electron chi connectivity index (χ4n) is 3.55. The number of thiazole rings is 1. The van der Waals surface area contributed by atoms with Gasteiger partial charge in [0.1, 0.15) is 17.4 Å². The molecular weight excluding hydrogens is 541 g/mol. The average Bonchev–Trinajstić information content (AvgIpc) is 3.46. The number of aryl methyl sites for hydroxylation is 3. The second kappa shape index (κ2) is 11.4. The summed E-state index contributed by atoms with van der Waals surface area (Å²) >= 11 is 3.66. The van der Waals surface area contributed by atoms with Gasteiger partial charge in [0.2, 0.25) is 0 Å². The summed E-state index contributed by atoms with van der Waals surface area (Å²) < 4.78 is 1.99. The van der Waals surface area contributed by atoms with Gasteiger partial charge in [0.25, 0.3) is 0 Å². The number of halogens is 1. The molecule has 31 heavy (non-hydrogen) atoms. The first kappa shape index (κ1) is 24.1. The molecule has 0 aromatic carbocycles. The molecule has 0 saturated carbocycles. The topological polar surface area (TPSA) is 71.2 Å². The second-order valence-electron chi connectivity index (χ2n) is 7.66. The van der Waals surface area contributed by atoms with E-state index in [2.05, 4.69) is 45.0 Å². The van der Waals surface area contributed by atoms with Gasteiger partial charge < -0.3 is 14.8 Å². The van der Waals surface area contributed by atoms with Gasteiger partial charge in [0.15, 0.2) is 11.8 Å². The molecule has 0 radical (unpaired) electrons. The molecule has 10 heteroatoms. The number of rotatable bonds is 7. The minimum Gasteiger partial charge on any atom is -0.356 e. The molecule has 168 valence electrons. The zero-order valence-electron chi connectivity index (χ0n) is 18.3. The maximum Gasteiger partial charge on any atom is 0.194 e. The Hall–Kier alpha value is -1.53. The highest BCUT2D eigenvalue weighted by Gasteiger charge is 2.17. The van der Waals surface area contributed by atoms with Crippen molar-refractivity contribution >= 4 is 52.6 Å². The molecule has 0 amide bonds. The van der Waals surface area contributed by atoms with Crippen LogP contribution < -0.4 is 5.32 Å². The third-order valence-corrected chi connectivity index (χ3v) is 7.49. The fourth-order valence-corrected chi connectivity index (χ4v) is 5.47. The summed E-state index contributed by atoms with van der Waals surface area (Å²) in [6, 6.07) is 4.27. The van der Waals surface area contributed by atoms with Crippen molar-refractivity contribution < 1.29 is 0 Å². The summed E-state index contributed by atoms with van der Waals surface area (Å²) in [5.74, 6) is 2.64. The molecule has 1 aliphatic rings. The molecule has 0 unspecified atom stereocenters. The van der Waals surface area contributed by atoms with Crippen molar-refractivity contribution in [2.75, 3.05) is 13.6 Å². The molecule has 0 fully saturated rings. The van der Waals surface area contributed by atoms with Crippen LogP contribution in [0.5, 0.6) is 0 Å². The molecule has 4 rings (SSSR count). The van der Waals surface area contributed by atoms with Gasteiger partial charge in [-0.2, -0.15) is 0 Å². The molecule has 1 aliphatic carbocycles. The van der Waals surface area contributed by atoms with Crippen molar-refractivity contribution in [3.05, 3.63) is 49.6 Å². The van der Waals surface area contributed by atoms with E-state index in [4.69, 9.17) is 9.98 Å². The molecule has 0 aliphatic heterocycles. The van der Waals surface area contributed by atoms with Gasteiger partial charge in [-0.05, 0) is 50.5 Å². The lowest BCUT2D eigenvalue weighted by Gasteiger charge is -2.21. The number of nitrogens with one attached hydrogen (secondary N) is 1. The van der Waals surface area contributed by atoms with Crippen LogP contribution in [0.15, 0.2) is 22.5 Å². The van der Waals surface area contributed by atoms with Crippen molar-refractivity contribution in [3.63, 3.8) is 0 Å². The lowest BCUT2D eigenvalue weighted by Crippen LogP contribution is -2.39. The van der Waals surface area contributed by atoms with Crippen molar-refractivity contribution in [2.24, 2.45) is 12.0 Å². The molecular formula is C21H30IN7S2. The maximum atomic E-state index is 4.90. The normalized spacial score (nSPS) is 13.6. The predicted molar refractivity (Wildman–Crippen MR) is 139 cm³/mol. The molecule has 3 heterocycles. The van der Waals surface area contributed by atoms with Crippen molar-refractivity contribution in [3.8, 4) is 0 Å². The minimum absolute atomic E-state index is 0. The Labute approximate surface area is 209 Å². The first-order chi connectivity index (χ1) is 14.6. The largest absolute Gasteiger partial charge is 0.356 e. The second-order valence-corrected chi connectivity index (χ2v) is 9.86. The Morgan fingerprint density at radius 3 is 2.84 bits per heavy atom. The van der Waals surface area contributed by atoms with Gasteiger partial charge in [0.05, 0.1) is 12.2 Å². The SMILES string of the molecule is Cc1nnc(CN=C(NCCc2cccs2)N(C)Cc2nc3c(s2)CCCC3)n1C.I. The monoisotopic (exact) mass is 571 g/mol. The number of fused-ring (bicyclic) bond motifs is 1. The van der Waals surface area contributed by atoms with Crippen LogP contribution in [0.25, 0.3) is 0 Å². The molecule has 3 aromatic rings. The highest BCUT2D eigenvalue weighted by Crippen LogP contribution is 2.27. The third-order valence-electron chi connectivity index (χ3n) is 5.41. The van der Waals surface area contributed by atoms with Crippen LogP contribution in [0, 0.1) is 6.92 Å². The van der Waals surface area contributed by atoms with E-state index in [1.807, 2.05) is 29.9 Å². The van der Waals surface area contributed by atoms with Gasteiger partial charge in [-0.25, -0.2) is 9.98 Å². The Morgan fingerprint density at radius 2 is 2.13 bits per heavy atom. The van der Waals surface area contributed by atoms with Gasteiger partial charge in [-0.15, -0.1) is 56.8 Å². The molecule has 1 N–H and O–H groups in total. The zero-order valence-corrected chi connectivity index (χ0v) is 22.3.